The van der Waals surface area contributed by atoms with E-state index in [0.29, 0.717) is 17.7 Å². The van der Waals surface area contributed by atoms with Gasteiger partial charge in [-0.05, 0) is 47.0 Å². The molecule has 2 amide bonds. The molecule has 6 nitrogen and oxygen atoms in total. The Bertz CT molecular complexity index is 1510. The molecular weight excluding hydrogens is 512 g/mol. The number of amides is 2. The molecule has 196 valence electrons. The maximum atomic E-state index is 14.4. The Balaban J connectivity index is 1.35. The van der Waals surface area contributed by atoms with Crippen molar-refractivity contribution >= 4 is 34.4 Å². The largest absolute Gasteiger partial charge is 0.464 e. The number of nitrogens with one attached hydrogen (secondary N) is 1. The van der Waals surface area contributed by atoms with Crippen molar-refractivity contribution in [1.29, 1.82) is 0 Å². The van der Waals surface area contributed by atoms with Crippen LogP contribution in [0.15, 0.2) is 71.3 Å². The highest BCUT2D eigenvalue weighted by Crippen LogP contribution is 2.32. The molecule has 38 heavy (non-hydrogen) atoms. The molecule has 1 fully saturated rings. The quantitative estimate of drug-likeness (QED) is 0.341. The molecule has 9 heteroatoms. The first kappa shape index (κ1) is 25.9. The summed E-state index contributed by atoms with van der Waals surface area (Å²) in [6, 6.07) is 16.8. The number of likely N-dealkylation sites (tertiary alicyclic amines) is 1. The molecule has 0 aliphatic carbocycles. The van der Waals surface area contributed by atoms with E-state index in [9.17, 15) is 18.4 Å². The van der Waals surface area contributed by atoms with E-state index >= 15 is 0 Å². The molecule has 2 heterocycles. The fraction of sp³-hybridized carbons (Fsp3) is 0.241. The fourth-order valence-corrected chi connectivity index (χ4v) is 5.09. The molecule has 1 saturated heterocycles. The van der Waals surface area contributed by atoms with Gasteiger partial charge >= 0.3 is 0 Å². The van der Waals surface area contributed by atoms with Crippen molar-refractivity contribution < 1.29 is 22.8 Å². The minimum absolute atomic E-state index is 0.0237. The third-order valence-electron chi connectivity index (χ3n) is 6.80. The number of carbonyl (C=O) groups excluding carboxylic acids is 2. The lowest BCUT2D eigenvalue weighted by Gasteiger charge is -2.24. The lowest BCUT2D eigenvalue weighted by atomic mass is 9.97. The van der Waals surface area contributed by atoms with Crippen LogP contribution < -0.4 is 11.1 Å². The van der Waals surface area contributed by atoms with Gasteiger partial charge in [0.05, 0.1) is 24.3 Å². The summed E-state index contributed by atoms with van der Waals surface area (Å²) in [4.78, 5) is 27.5. The van der Waals surface area contributed by atoms with Crippen molar-refractivity contribution in [1.82, 2.24) is 10.2 Å². The molecule has 5 rings (SSSR count). The lowest BCUT2D eigenvalue weighted by Crippen LogP contribution is -2.46. The Morgan fingerprint density at radius 1 is 1.11 bits per heavy atom. The van der Waals surface area contributed by atoms with E-state index < -0.39 is 23.9 Å². The molecule has 0 radical (unpaired) electrons. The zero-order chi connectivity index (χ0) is 26.8. The number of alkyl halides is 1. The Labute approximate surface area is 223 Å². The first-order chi connectivity index (χ1) is 18.3. The number of fused-ring (bicyclic) bond motifs is 1. The molecule has 3 aromatic carbocycles. The number of furan rings is 1. The van der Waals surface area contributed by atoms with Gasteiger partial charge in [0.1, 0.15) is 23.6 Å². The van der Waals surface area contributed by atoms with Gasteiger partial charge in [0.2, 0.25) is 11.8 Å². The van der Waals surface area contributed by atoms with Crippen LogP contribution in [-0.4, -0.2) is 35.5 Å². The highest BCUT2D eigenvalue weighted by Gasteiger charge is 2.39. The third kappa shape index (κ3) is 5.28. The molecule has 1 aromatic heterocycles. The van der Waals surface area contributed by atoms with Crippen LogP contribution in [0.5, 0.6) is 0 Å². The van der Waals surface area contributed by atoms with Crippen molar-refractivity contribution in [3.8, 4) is 11.1 Å². The molecule has 3 N–H and O–H groups in total. The number of hydrogen-bond acceptors (Lipinski definition) is 4. The van der Waals surface area contributed by atoms with Crippen LogP contribution in [0.25, 0.3) is 22.1 Å². The normalized spacial score (nSPS) is 17.2. The predicted octanol–water partition coefficient (Wildman–Crippen LogP) is 5.15. The Morgan fingerprint density at radius 3 is 2.74 bits per heavy atom. The van der Waals surface area contributed by atoms with E-state index in [0.717, 1.165) is 22.1 Å². The zero-order valence-electron chi connectivity index (χ0n) is 20.4. The third-order valence-corrected chi connectivity index (χ3v) is 7.09. The van der Waals surface area contributed by atoms with E-state index in [1.54, 1.807) is 12.3 Å². The van der Waals surface area contributed by atoms with Crippen molar-refractivity contribution in [2.45, 2.75) is 38.1 Å². The minimum atomic E-state index is -1.33. The predicted molar refractivity (Wildman–Crippen MR) is 142 cm³/mol. The van der Waals surface area contributed by atoms with E-state index in [-0.39, 0.29) is 42.4 Å². The van der Waals surface area contributed by atoms with E-state index in [1.165, 1.54) is 17.0 Å². The summed E-state index contributed by atoms with van der Waals surface area (Å²) in [6.07, 6.45) is 0.116. The summed E-state index contributed by atoms with van der Waals surface area (Å²) < 4.78 is 34.3. The van der Waals surface area contributed by atoms with Crippen molar-refractivity contribution in [3.05, 3.63) is 94.5 Å². The second kappa shape index (κ2) is 10.9. The molecule has 2 atom stereocenters. The number of nitrogens with zero attached hydrogens (tertiary/aromatic N) is 1. The number of hydrogen-bond donors (Lipinski definition) is 2. The van der Waals surface area contributed by atoms with Gasteiger partial charge in [0.15, 0.2) is 0 Å². The molecule has 0 unspecified atom stereocenters. The molecule has 0 bridgehead atoms. The van der Waals surface area contributed by atoms with Gasteiger partial charge in [0, 0.05) is 36.0 Å². The second-order valence-electron chi connectivity index (χ2n) is 9.39. The van der Waals surface area contributed by atoms with Gasteiger partial charge in [-0.15, -0.1) is 0 Å². The van der Waals surface area contributed by atoms with Gasteiger partial charge in [-0.25, -0.2) is 8.78 Å². The zero-order valence-corrected chi connectivity index (χ0v) is 21.2. The van der Waals surface area contributed by atoms with Gasteiger partial charge in [-0.1, -0.05) is 41.9 Å². The molecule has 1 aliphatic heterocycles. The summed E-state index contributed by atoms with van der Waals surface area (Å²) in [5, 5.41) is 3.39. The number of carbonyl (C=O) groups is 2. The van der Waals surface area contributed by atoms with Crippen LogP contribution in [0.1, 0.15) is 23.1 Å². The molecule has 1 aliphatic rings. The molecular formula is C29H26ClF2N3O3. The number of rotatable bonds is 7. The summed E-state index contributed by atoms with van der Waals surface area (Å²) in [5.74, 6) is -1.54. The van der Waals surface area contributed by atoms with Crippen LogP contribution in [0.4, 0.5) is 8.78 Å². The smallest absolute Gasteiger partial charge is 0.243 e. The maximum Gasteiger partial charge on any atom is 0.243 e. The standard InChI is InChI=1S/C29H26ClF2N3O3/c30-24-6-2-5-21(27(24)32)15-34-29(37)25-13-22(31)16-35(25)26(36)12-18-10-20-7-8-38-28(20)23(11-18)19-4-1-3-17(9-19)14-33/h1-11,22,25H,12-16,33H2,(H,34,37)/t22-,25+/m1/s1. The molecule has 4 aromatic rings. The van der Waals surface area contributed by atoms with Crippen molar-refractivity contribution in [2.24, 2.45) is 5.73 Å². The maximum absolute atomic E-state index is 14.4. The Morgan fingerprint density at radius 2 is 1.92 bits per heavy atom. The highest BCUT2D eigenvalue weighted by molar-refractivity contribution is 6.30. The van der Waals surface area contributed by atoms with E-state index in [4.69, 9.17) is 21.8 Å². The monoisotopic (exact) mass is 537 g/mol. The number of nitrogens with two attached hydrogens (primary N) is 1. The van der Waals surface area contributed by atoms with Crippen LogP contribution in [-0.2, 0) is 29.1 Å². The average molecular weight is 538 g/mol. The summed E-state index contributed by atoms with van der Waals surface area (Å²) >= 11 is 5.81. The number of halogens is 3. The fourth-order valence-electron chi connectivity index (χ4n) is 4.90. The summed E-state index contributed by atoms with van der Waals surface area (Å²) in [6.45, 7) is 0.0883. The molecule has 0 spiro atoms. The van der Waals surface area contributed by atoms with E-state index in [1.807, 2.05) is 42.5 Å². The van der Waals surface area contributed by atoms with Gasteiger partial charge in [-0.2, -0.15) is 0 Å². The van der Waals surface area contributed by atoms with Crippen molar-refractivity contribution in [3.63, 3.8) is 0 Å². The van der Waals surface area contributed by atoms with Gasteiger partial charge in [0.25, 0.3) is 0 Å². The van der Waals surface area contributed by atoms with Gasteiger partial charge < -0.3 is 20.4 Å². The summed E-state index contributed by atoms with van der Waals surface area (Å²) in [7, 11) is 0. The second-order valence-corrected chi connectivity index (χ2v) is 9.80. The molecule has 0 saturated carbocycles. The van der Waals surface area contributed by atoms with Crippen molar-refractivity contribution in [2.75, 3.05) is 6.54 Å². The van der Waals surface area contributed by atoms with Crippen LogP contribution in [0, 0.1) is 5.82 Å². The summed E-state index contributed by atoms with van der Waals surface area (Å²) in [5.41, 5.74) is 10.1. The Hall–Kier alpha value is -3.75. The minimum Gasteiger partial charge on any atom is -0.464 e. The van der Waals surface area contributed by atoms with Crippen LogP contribution in [0.3, 0.4) is 0 Å². The van der Waals surface area contributed by atoms with Crippen LogP contribution >= 0.6 is 11.6 Å². The first-order valence-corrected chi connectivity index (χ1v) is 12.7. The Kier molecular flexibility index (Phi) is 7.44. The number of benzene rings is 3. The average Bonchev–Trinajstić information content (AvgIpc) is 3.55. The highest BCUT2D eigenvalue weighted by atomic mass is 35.5. The van der Waals surface area contributed by atoms with E-state index in [2.05, 4.69) is 5.32 Å². The van der Waals surface area contributed by atoms with Crippen LogP contribution in [0.2, 0.25) is 5.02 Å². The van der Waals surface area contributed by atoms with Gasteiger partial charge in [-0.3, -0.25) is 9.59 Å². The SMILES string of the molecule is NCc1cccc(-c2cc(CC(=O)N3C[C@H](F)C[C@H]3C(=O)NCc3cccc(Cl)c3F)cc3ccoc23)c1. The topological polar surface area (TPSA) is 88.6 Å². The lowest BCUT2D eigenvalue weighted by molar-refractivity contribution is -0.138. The first-order valence-electron chi connectivity index (χ1n) is 12.3.